The first-order valence-corrected chi connectivity index (χ1v) is 7.44. The van der Waals surface area contributed by atoms with E-state index in [0.29, 0.717) is 0 Å². The monoisotopic (exact) mass is 260 g/mol. The molecule has 1 N–H and O–H groups in total. The van der Waals surface area contributed by atoms with E-state index in [0.717, 1.165) is 19.0 Å². The summed E-state index contributed by atoms with van der Waals surface area (Å²) < 4.78 is 0. The number of nitrogens with one attached hydrogen (secondary N) is 1. The predicted molar refractivity (Wildman–Crippen MR) is 82.5 cm³/mol. The van der Waals surface area contributed by atoms with Crippen molar-refractivity contribution in [3.8, 4) is 0 Å². The van der Waals surface area contributed by atoms with Crippen molar-refractivity contribution in [2.45, 2.75) is 39.2 Å². The molecular weight excluding hydrogens is 232 g/mol. The van der Waals surface area contributed by atoms with Crippen LogP contribution in [0.4, 0.5) is 0 Å². The Morgan fingerprint density at radius 1 is 1.21 bits per heavy atom. The Morgan fingerprint density at radius 2 is 1.89 bits per heavy atom. The van der Waals surface area contributed by atoms with E-state index < -0.39 is 0 Å². The van der Waals surface area contributed by atoms with Crippen molar-refractivity contribution in [1.29, 1.82) is 0 Å². The van der Waals surface area contributed by atoms with Gasteiger partial charge in [-0.3, -0.25) is 0 Å². The van der Waals surface area contributed by atoms with Gasteiger partial charge in [-0.2, -0.15) is 0 Å². The minimum absolute atomic E-state index is 0.250. The molecule has 1 aromatic carbocycles. The van der Waals surface area contributed by atoms with Crippen LogP contribution in [-0.2, 0) is 12.0 Å². The lowest BCUT2D eigenvalue weighted by molar-refractivity contribution is 0.388. The van der Waals surface area contributed by atoms with E-state index in [9.17, 15) is 0 Å². The second kappa shape index (κ2) is 6.06. The molecule has 2 nitrogen and oxygen atoms in total. The van der Waals surface area contributed by atoms with Crippen LogP contribution in [0.2, 0.25) is 0 Å². The number of benzene rings is 1. The summed E-state index contributed by atoms with van der Waals surface area (Å²) in [5.41, 5.74) is 3.05. The standard InChI is InChI=1S/C17H28N2/c1-17(2,3)16-7-5-14(6-8-16)11-18-12-15-9-10-19(4)13-15/h5-8,15,18H,9-13H2,1-4H3. The van der Waals surface area contributed by atoms with Crippen molar-refractivity contribution in [3.05, 3.63) is 35.4 Å². The maximum absolute atomic E-state index is 3.60. The number of hydrogen-bond donors (Lipinski definition) is 1. The lowest BCUT2D eigenvalue weighted by Crippen LogP contribution is -2.24. The van der Waals surface area contributed by atoms with E-state index in [1.54, 1.807) is 0 Å². The van der Waals surface area contributed by atoms with Crippen LogP contribution in [0.5, 0.6) is 0 Å². The number of nitrogens with zero attached hydrogens (tertiary/aromatic N) is 1. The van der Waals surface area contributed by atoms with Crippen LogP contribution in [0.3, 0.4) is 0 Å². The van der Waals surface area contributed by atoms with E-state index >= 15 is 0 Å². The largest absolute Gasteiger partial charge is 0.312 e. The molecule has 2 heteroatoms. The lowest BCUT2D eigenvalue weighted by Gasteiger charge is -2.19. The lowest BCUT2D eigenvalue weighted by atomic mass is 9.87. The van der Waals surface area contributed by atoms with Crippen LogP contribution in [0, 0.1) is 5.92 Å². The van der Waals surface area contributed by atoms with Crippen LogP contribution in [0.15, 0.2) is 24.3 Å². The van der Waals surface area contributed by atoms with Gasteiger partial charge in [0.15, 0.2) is 0 Å². The molecule has 0 saturated carbocycles. The van der Waals surface area contributed by atoms with Crippen LogP contribution >= 0.6 is 0 Å². The van der Waals surface area contributed by atoms with E-state index in [1.165, 1.54) is 30.6 Å². The molecule has 0 spiro atoms. The summed E-state index contributed by atoms with van der Waals surface area (Å²) in [5.74, 6) is 0.832. The highest BCUT2D eigenvalue weighted by Gasteiger charge is 2.18. The second-order valence-electron chi connectivity index (χ2n) is 6.99. The van der Waals surface area contributed by atoms with Gasteiger partial charge in [-0.05, 0) is 49.0 Å². The molecule has 1 atom stereocenters. The molecule has 0 amide bonds. The molecule has 1 fully saturated rings. The van der Waals surface area contributed by atoms with Gasteiger partial charge in [-0.15, -0.1) is 0 Å². The average molecular weight is 260 g/mol. The van der Waals surface area contributed by atoms with E-state index in [2.05, 4.69) is 62.3 Å². The average Bonchev–Trinajstić information content (AvgIpc) is 2.75. The summed E-state index contributed by atoms with van der Waals surface area (Å²) in [7, 11) is 2.21. The third-order valence-corrected chi connectivity index (χ3v) is 4.07. The highest BCUT2D eigenvalue weighted by Crippen LogP contribution is 2.22. The molecule has 0 bridgehead atoms. The zero-order valence-electron chi connectivity index (χ0n) is 12.9. The fourth-order valence-corrected chi connectivity index (χ4v) is 2.74. The van der Waals surface area contributed by atoms with Crippen LogP contribution in [0.1, 0.15) is 38.3 Å². The number of likely N-dealkylation sites (tertiary alicyclic amines) is 1. The number of hydrogen-bond acceptors (Lipinski definition) is 2. The Kier molecular flexibility index (Phi) is 4.64. The van der Waals surface area contributed by atoms with Crippen molar-refractivity contribution in [1.82, 2.24) is 10.2 Å². The summed E-state index contributed by atoms with van der Waals surface area (Å²) in [6, 6.07) is 9.05. The van der Waals surface area contributed by atoms with E-state index in [-0.39, 0.29) is 5.41 Å². The molecule has 19 heavy (non-hydrogen) atoms. The summed E-state index contributed by atoms with van der Waals surface area (Å²) in [4.78, 5) is 2.42. The minimum Gasteiger partial charge on any atom is -0.312 e. The maximum Gasteiger partial charge on any atom is 0.0205 e. The molecule has 1 heterocycles. The highest BCUT2D eigenvalue weighted by atomic mass is 15.1. The van der Waals surface area contributed by atoms with E-state index in [4.69, 9.17) is 0 Å². The molecule has 1 aromatic rings. The first kappa shape index (κ1) is 14.5. The van der Waals surface area contributed by atoms with Gasteiger partial charge >= 0.3 is 0 Å². The van der Waals surface area contributed by atoms with Gasteiger partial charge in [0.1, 0.15) is 0 Å². The smallest absolute Gasteiger partial charge is 0.0205 e. The molecule has 1 saturated heterocycles. The molecule has 0 aliphatic carbocycles. The molecule has 1 unspecified atom stereocenters. The fraction of sp³-hybridized carbons (Fsp3) is 0.647. The molecule has 0 aromatic heterocycles. The van der Waals surface area contributed by atoms with Gasteiger partial charge in [0.25, 0.3) is 0 Å². The zero-order valence-corrected chi connectivity index (χ0v) is 12.9. The molecule has 106 valence electrons. The van der Waals surface area contributed by atoms with Gasteiger partial charge in [0.05, 0.1) is 0 Å². The predicted octanol–water partition coefficient (Wildman–Crippen LogP) is 3.03. The first-order valence-electron chi connectivity index (χ1n) is 7.44. The van der Waals surface area contributed by atoms with Gasteiger partial charge in [-0.25, -0.2) is 0 Å². The van der Waals surface area contributed by atoms with E-state index in [1.807, 2.05) is 0 Å². The quantitative estimate of drug-likeness (QED) is 0.895. The summed E-state index contributed by atoms with van der Waals surface area (Å²) in [6.45, 7) is 11.4. The Labute approximate surface area is 118 Å². The van der Waals surface area contributed by atoms with Gasteiger partial charge in [-0.1, -0.05) is 45.0 Å². The normalized spacial score (nSPS) is 20.9. The van der Waals surface area contributed by atoms with Crippen LogP contribution < -0.4 is 5.32 Å². The van der Waals surface area contributed by atoms with Crippen molar-refractivity contribution in [2.24, 2.45) is 5.92 Å². The molecular formula is C17H28N2. The molecule has 2 rings (SSSR count). The molecule has 0 radical (unpaired) electrons. The van der Waals surface area contributed by atoms with Crippen molar-refractivity contribution >= 4 is 0 Å². The van der Waals surface area contributed by atoms with Gasteiger partial charge in [0, 0.05) is 13.1 Å². The van der Waals surface area contributed by atoms with Gasteiger partial charge in [0.2, 0.25) is 0 Å². The van der Waals surface area contributed by atoms with Gasteiger partial charge < -0.3 is 10.2 Å². The fourth-order valence-electron chi connectivity index (χ4n) is 2.74. The summed E-state index contributed by atoms with van der Waals surface area (Å²) in [6.07, 6.45) is 1.34. The third kappa shape index (κ3) is 4.32. The minimum atomic E-state index is 0.250. The second-order valence-corrected chi connectivity index (χ2v) is 6.99. The Bertz CT molecular complexity index is 389. The molecule has 1 aliphatic heterocycles. The summed E-state index contributed by atoms with van der Waals surface area (Å²) in [5, 5.41) is 3.60. The van der Waals surface area contributed by atoms with Crippen molar-refractivity contribution in [2.75, 3.05) is 26.7 Å². The Hall–Kier alpha value is -0.860. The third-order valence-electron chi connectivity index (χ3n) is 4.07. The van der Waals surface area contributed by atoms with Crippen molar-refractivity contribution < 1.29 is 0 Å². The van der Waals surface area contributed by atoms with Crippen molar-refractivity contribution in [3.63, 3.8) is 0 Å². The maximum atomic E-state index is 3.60. The Morgan fingerprint density at radius 3 is 2.42 bits per heavy atom. The zero-order chi connectivity index (χ0) is 13.9. The van der Waals surface area contributed by atoms with Crippen LogP contribution in [0.25, 0.3) is 0 Å². The first-order chi connectivity index (χ1) is 8.95. The summed E-state index contributed by atoms with van der Waals surface area (Å²) >= 11 is 0. The SMILES string of the molecule is CN1CCC(CNCc2ccc(C(C)(C)C)cc2)C1. The number of rotatable bonds is 4. The molecule has 1 aliphatic rings. The highest BCUT2D eigenvalue weighted by molar-refractivity contribution is 5.27. The van der Waals surface area contributed by atoms with Crippen LogP contribution in [-0.4, -0.2) is 31.6 Å². The topological polar surface area (TPSA) is 15.3 Å². The Balaban J connectivity index is 1.77.